The third-order valence-electron chi connectivity index (χ3n) is 2.66. The maximum atomic E-state index is 13.9. The molecule has 0 amide bonds. The Balaban J connectivity index is 3.20. The normalized spacial score (nSPS) is 13.8. The van der Waals surface area contributed by atoms with Gasteiger partial charge in [-0.05, 0) is 48.8 Å². The van der Waals surface area contributed by atoms with Gasteiger partial charge in [0.05, 0.1) is 16.1 Å². The van der Waals surface area contributed by atoms with Crippen molar-refractivity contribution in [2.24, 2.45) is 5.73 Å². The Bertz CT molecular complexity index is 410. The van der Waals surface area contributed by atoms with Gasteiger partial charge in [0.1, 0.15) is 11.6 Å². The maximum absolute atomic E-state index is 13.9. The van der Waals surface area contributed by atoms with Crippen LogP contribution in [0.15, 0.2) is 16.6 Å². The van der Waals surface area contributed by atoms with Gasteiger partial charge < -0.3 is 10.5 Å². The van der Waals surface area contributed by atoms with Crippen LogP contribution in [0.3, 0.4) is 0 Å². The van der Waals surface area contributed by atoms with Gasteiger partial charge in [-0.2, -0.15) is 0 Å². The molecule has 0 aliphatic rings. The fourth-order valence-electron chi connectivity index (χ4n) is 1.64. The monoisotopic (exact) mass is 307 g/mol. The molecule has 96 valence electrons. The Morgan fingerprint density at radius 2 is 2.00 bits per heavy atom. The number of halogens is 3. The van der Waals surface area contributed by atoms with Crippen molar-refractivity contribution in [3.63, 3.8) is 0 Å². The standard InChI is InChI=1S/C12H16BrF2NO/c1-4-17-12(2,3)11(16)9-8(14)6-5-7(13)10(9)15/h5-6,11H,4,16H2,1-3H3. The molecule has 0 saturated carbocycles. The zero-order valence-electron chi connectivity index (χ0n) is 10.1. The van der Waals surface area contributed by atoms with Gasteiger partial charge in [0.2, 0.25) is 0 Å². The zero-order chi connectivity index (χ0) is 13.2. The molecule has 17 heavy (non-hydrogen) atoms. The predicted octanol–water partition coefficient (Wildman–Crippen LogP) is 3.54. The maximum Gasteiger partial charge on any atom is 0.145 e. The highest BCUT2D eigenvalue weighted by Crippen LogP contribution is 2.32. The lowest BCUT2D eigenvalue weighted by Gasteiger charge is -2.32. The topological polar surface area (TPSA) is 35.2 Å². The summed E-state index contributed by atoms with van der Waals surface area (Å²) >= 11 is 3.02. The highest BCUT2D eigenvalue weighted by atomic mass is 79.9. The number of ether oxygens (including phenoxy) is 1. The lowest BCUT2D eigenvalue weighted by Crippen LogP contribution is -2.39. The SMILES string of the molecule is CCOC(C)(C)C(N)c1c(F)ccc(Br)c1F. The fraction of sp³-hybridized carbons (Fsp3) is 0.500. The second kappa shape index (κ2) is 5.42. The minimum Gasteiger partial charge on any atom is -0.374 e. The highest BCUT2D eigenvalue weighted by molar-refractivity contribution is 9.10. The van der Waals surface area contributed by atoms with E-state index in [9.17, 15) is 8.78 Å². The van der Waals surface area contributed by atoms with Crippen LogP contribution in [0.25, 0.3) is 0 Å². The summed E-state index contributed by atoms with van der Waals surface area (Å²) in [5.74, 6) is -1.34. The molecule has 0 aliphatic heterocycles. The average Bonchev–Trinajstić information content (AvgIpc) is 2.24. The summed E-state index contributed by atoms with van der Waals surface area (Å²) < 4.78 is 33.1. The first-order valence-corrected chi connectivity index (χ1v) is 6.13. The van der Waals surface area contributed by atoms with Crippen LogP contribution < -0.4 is 5.73 Å². The van der Waals surface area contributed by atoms with Crippen molar-refractivity contribution in [2.75, 3.05) is 6.61 Å². The molecular weight excluding hydrogens is 292 g/mol. The smallest absolute Gasteiger partial charge is 0.145 e. The quantitative estimate of drug-likeness (QED) is 0.864. The summed E-state index contributed by atoms with van der Waals surface area (Å²) in [6.45, 7) is 5.65. The first kappa shape index (κ1) is 14.5. The van der Waals surface area contributed by atoms with E-state index in [1.165, 1.54) is 12.1 Å². The molecule has 1 rings (SSSR count). The predicted molar refractivity (Wildman–Crippen MR) is 66.7 cm³/mol. The van der Waals surface area contributed by atoms with Crippen LogP contribution in [0.4, 0.5) is 8.78 Å². The van der Waals surface area contributed by atoms with E-state index in [0.717, 1.165) is 0 Å². The van der Waals surface area contributed by atoms with Crippen LogP contribution >= 0.6 is 15.9 Å². The van der Waals surface area contributed by atoms with Crippen LogP contribution in [0.5, 0.6) is 0 Å². The Morgan fingerprint density at radius 3 is 2.53 bits per heavy atom. The van der Waals surface area contributed by atoms with Crippen molar-refractivity contribution in [1.29, 1.82) is 0 Å². The van der Waals surface area contributed by atoms with Crippen LogP contribution in [-0.4, -0.2) is 12.2 Å². The molecule has 0 aromatic heterocycles. The Kier molecular flexibility index (Phi) is 4.63. The van der Waals surface area contributed by atoms with Crippen molar-refractivity contribution < 1.29 is 13.5 Å². The van der Waals surface area contributed by atoms with Crippen molar-refractivity contribution >= 4 is 15.9 Å². The Labute approximate surface area is 108 Å². The summed E-state index contributed by atoms with van der Waals surface area (Å²) in [6.07, 6.45) is 0. The molecule has 0 bridgehead atoms. The average molecular weight is 308 g/mol. The van der Waals surface area contributed by atoms with E-state index in [-0.39, 0.29) is 10.0 Å². The molecule has 0 fully saturated rings. The van der Waals surface area contributed by atoms with Gasteiger partial charge in [0.25, 0.3) is 0 Å². The van der Waals surface area contributed by atoms with E-state index >= 15 is 0 Å². The number of benzene rings is 1. The third kappa shape index (κ3) is 3.03. The van der Waals surface area contributed by atoms with Gasteiger partial charge in [0.15, 0.2) is 0 Å². The van der Waals surface area contributed by atoms with Crippen molar-refractivity contribution in [3.8, 4) is 0 Å². The molecule has 0 saturated heterocycles. The zero-order valence-corrected chi connectivity index (χ0v) is 11.6. The second-order valence-corrected chi connectivity index (χ2v) is 5.13. The number of hydrogen-bond donors (Lipinski definition) is 1. The number of hydrogen-bond acceptors (Lipinski definition) is 2. The van der Waals surface area contributed by atoms with E-state index in [1.54, 1.807) is 13.8 Å². The van der Waals surface area contributed by atoms with Gasteiger partial charge in [-0.1, -0.05) is 0 Å². The largest absolute Gasteiger partial charge is 0.374 e. The molecule has 1 aromatic rings. The summed E-state index contributed by atoms with van der Waals surface area (Å²) in [7, 11) is 0. The van der Waals surface area contributed by atoms with Gasteiger partial charge in [-0.25, -0.2) is 8.78 Å². The second-order valence-electron chi connectivity index (χ2n) is 4.27. The van der Waals surface area contributed by atoms with Gasteiger partial charge in [-0.3, -0.25) is 0 Å². The first-order chi connectivity index (χ1) is 7.81. The van der Waals surface area contributed by atoms with Crippen molar-refractivity contribution in [1.82, 2.24) is 0 Å². The number of nitrogens with two attached hydrogens (primary N) is 1. The van der Waals surface area contributed by atoms with E-state index in [1.807, 2.05) is 6.92 Å². The molecule has 1 aromatic carbocycles. The van der Waals surface area contributed by atoms with Crippen LogP contribution in [0.1, 0.15) is 32.4 Å². The molecule has 2 N–H and O–H groups in total. The third-order valence-corrected chi connectivity index (χ3v) is 3.27. The number of rotatable bonds is 4. The summed E-state index contributed by atoms with van der Waals surface area (Å²) in [5.41, 5.74) is 4.91. The Hall–Kier alpha value is -0.520. The van der Waals surface area contributed by atoms with Gasteiger partial charge in [-0.15, -0.1) is 0 Å². The summed E-state index contributed by atoms with van der Waals surface area (Å²) in [5, 5.41) is 0. The van der Waals surface area contributed by atoms with Crippen LogP contribution in [-0.2, 0) is 4.74 Å². The fourth-order valence-corrected chi connectivity index (χ4v) is 1.98. The first-order valence-electron chi connectivity index (χ1n) is 5.34. The molecule has 0 aliphatic carbocycles. The molecule has 5 heteroatoms. The van der Waals surface area contributed by atoms with Crippen LogP contribution in [0.2, 0.25) is 0 Å². The van der Waals surface area contributed by atoms with E-state index in [2.05, 4.69) is 15.9 Å². The molecule has 2 nitrogen and oxygen atoms in total. The molecular formula is C12H16BrF2NO. The molecule has 1 unspecified atom stereocenters. The van der Waals surface area contributed by atoms with E-state index < -0.39 is 23.3 Å². The van der Waals surface area contributed by atoms with Crippen LogP contribution in [0, 0.1) is 11.6 Å². The minimum absolute atomic E-state index is 0.155. The summed E-state index contributed by atoms with van der Waals surface area (Å²) in [4.78, 5) is 0. The minimum atomic E-state index is -0.875. The molecule has 1 atom stereocenters. The van der Waals surface area contributed by atoms with E-state index in [4.69, 9.17) is 10.5 Å². The molecule has 0 heterocycles. The summed E-state index contributed by atoms with van der Waals surface area (Å²) in [6, 6.07) is 1.62. The molecule has 0 radical (unpaired) electrons. The van der Waals surface area contributed by atoms with E-state index in [0.29, 0.717) is 6.61 Å². The van der Waals surface area contributed by atoms with Gasteiger partial charge in [0, 0.05) is 12.2 Å². The molecule has 0 spiro atoms. The van der Waals surface area contributed by atoms with Crippen molar-refractivity contribution in [2.45, 2.75) is 32.4 Å². The van der Waals surface area contributed by atoms with Crippen molar-refractivity contribution in [3.05, 3.63) is 33.8 Å². The van der Waals surface area contributed by atoms with Gasteiger partial charge >= 0.3 is 0 Å². The highest BCUT2D eigenvalue weighted by Gasteiger charge is 2.33. The lowest BCUT2D eigenvalue weighted by molar-refractivity contribution is -0.0313. The lowest BCUT2D eigenvalue weighted by atomic mass is 9.91. The Morgan fingerprint density at radius 1 is 1.41 bits per heavy atom.